The molecule has 0 fully saturated rings. The Labute approximate surface area is 96.1 Å². The number of aromatic amines is 1. The third-order valence-corrected chi connectivity index (χ3v) is 2.31. The molecule has 0 aliphatic rings. The zero-order valence-electron chi connectivity index (χ0n) is 8.77. The van der Waals surface area contributed by atoms with Crippen molar-refractivity contribution in [3.8, 4) is 11.4 Å². The zero-order valence-corrected chi connectivity index (χ0v) is 8.77. The highest BCUT2D eigenvalue weighted by Gasteiger charge is 2.17. The quantitative estimate of drug-likeness (QED) is 0.749. The molecule has 0 spiro atoms. The first kappa shape index (κ1) is 11.3. The van der Waals surface area contributed by atoms with E-state index in [1.807, 2.05) is 0 Å². The molecule has 0 saturated heterocycles. The Morgan fingerprint density at radius 3 is 2.71 bits per heavy atom. The second-order valence-electron chi connectivity index (χ2n) is 3.40. The van der Waals surface area contributed by atoms with E-state index in [9.17, 15) is 9.18 Å². The molecule has 6 heteroatoms. The Kier molecular flexibility index (Phi) is 2.88. The molecule has 0 aliphatic carbocycles. The molecule has 0 amide bonds. The number of benzene rings is 1. The Bertz CT molecular complexity index is 566. The summed E-state index contributed by atoms with van der Waals surface area (Å²) in [4.78, 5) is 17.4. The highest BCUT2D eigenvalue weighted by atomic mass is 19.1. The Balaban J connectivity index is 2.54. The fourth-order valence-corrected chi connectivity index (χ4v) is 1.51. The molecule has 88 valence electrons. The van der Waals surface area contributed by atoms with Gasteiger partial charge >= 0.3 is 5.97 Å². The summed E-state index contributed by atoms with van der Waals surface area (Å²) in [6.07, 6.45) is 0. The number of H-pyrrole nitrogens is 1. The zero-order chi connectivity index (χ0) is 12.4. The van der Waals surface area contributed by atoms with E-state index in [4.69, 9.17) is 10.8 Å². The number of hydrogen-bond acceptors (Lipinski definition) is 3. The van der Waals surface area contributed by atoms with Crippen LogP contribution in [0.15, 0.2) is 24.3 Å². The first-order valence-corrected chi connectivity index (χ1v) is 4.90. The molecule has 2 rings (SSSR count). The average Bonchev–Trinajstić information content (AvgIpc) is 2.73. The molecule has 5 nitrogen and oxygen atoms in total. The first-order valence-electron chi connectivity index (χ1n) is 4.90. The third kappa shape index (κ3) is 2.02. The minimum absolute atomic E-state index is 0.00306. The van der Waals surface area contributed by atoms with Crippen LogP contribution in [0.1, 0.15) is 16.2 Å². The normalized spacial score (nSPS) is 10.5. The van der Waals surface area contributed by atoms with E-state index in [0.29, 0.717) is 0 Å². The lowest BCUT2D eigenvalue weighted by molar-refractivity contribution is 0.0690. The van der Waals surface area contributed by atoms with E-state index in [-0.39, 0.29) is 29.3 Å². The number of halogens is 1. The molecule has 2 aromatic rings. The molecule has 4 N–H and O–H groups in total. The van der Waals surface area contributed by atoms with Crippen LogP contribution in [0.3, 0.4) is 0 Å². The lowest BCUT2D eigenvalue weighted by atomic mass is 10.2. The van der Waals surface area contributed by atoms with Crippen molar-refractivity contribution in [2.24, 2.45) is 5.73 Å². The molecule has 0 unspecified atom stereocenters. The molecule has 0 atom stereocenters. The standard InChI is InChI=1S/C11H10FN3O2/c12-7-4-2-1-3-6(7)10-14-8(5-13)9(15-10)11(16)17/h1-4H,5,13H2,(H,14,15)(H,16,17). The highest BCUT2D eigenvalue weighted by molar-refractivity contribution is 5.87. The number of aromatic nitrogens is 2. The summed E-state index contributed by atoms with van der Waals surface area (Å²) in [6, 6.07) is 5.98. The van der Waals surface area contributed by atoms with E-state index in [2.05, 4.69) is 9.97 Å². The van der Waals surface area contributed by atoms with Crippen LogP contribution in [-0.4, -0.2) is 21.0 Å². The van der Waals surface area contributed by atoms with E-state index < -0.39 is 11.8 Å². The summed E-state index contributed by atoms with van der Waals surface area (Å²) in [5, 5.41) is 8.89. The predicted molar refractivity (Wildman–Crippen MR) is 58.8 cm³/mol. The van der Waals surface area contributed by atoms with E-state index in [1.54, 1.807) is 12.1 Å². The fourth-order valence-electron chi connectivity index (χ4n) is 1.51. The van der Waals surface area contributed by atoms with Crippen LogP contribution in [0.5, 0.6) is 0 Å². The van der Waals surface area contributed by atoms with Crippen LogP contribution in [0, 0.1) is 5.82 Å². The SMILES string of the molecule is NCc1[nH]c(-c2ccccc2F)nc1C(=O)O. The molecule has 0 aliphatic heterocycles. The van der Waals surface area contributed by atoms with Crippen molar-refractivity contribution in [1.29, 1.82) is 0 Å². The second kappa shape index (κ2) is 4.34. The number of rotatable bonds is 3. The van der Waals surface area contributed by atoms with Gasteiger partial charge in [-0.15, -0.1) is 0 Å². The number of nitrogens with one attached hydrogen (secondary N) is 1. The lowest BCUT2D eigenvalue weighted by Crippen LogP contribution is -2.06. The lowest BCUT2D eigenvalue weighted by Gasteiger charge is -1.97. The Morgan fingerprint density at radius 2 is 2.18 bits per heavy atom. The summed E-state index contributed by atoms with van der Waals surface area (Å²) in [7, 11) is 0. The van der Waals surface area contributed by atoms with Gasteiger partial charge in [-0.3, -0.25) is 0 Å². The number of carbonyl (C=O) groups is 1. The molecule has 1 aromatic heterocycles. The van der Waals surface area contributed by atoms with Crippen LogP contribution >= 0.6 is 0 Å². The molecule has 0 bridgehead atoms. The highest BCUT2D eigenvalue weighted by Crippen LogP contribution is 2.21. The van der Waals surface area contributed by atoms with Crippen molar-refractivity contribution >= 4 is 5.97 Å². The third-order valence-electron chi connectivity index (χ3n) is 2.31. The molecule has 1 heterocycles. The van der Waals surface area contributed by atoms with Crippen molar-refractivity contribution < 1.29 is 14.3 Å². The van der Waals surface area contributed by atoms with Crippen LogP contribution < -0.4 is 5.73 Å². The van der Waals surface area contributed by atoms with Gasteiger partial charge in [-0.2, -0.15) is 0 Å². The van der Waals surface area contributed by atoms with Gasteiger partial charge in [0.05, 0.1) is 11.3 Å². The van der Waals surface area contributed by atoms with Crippen LogP contribution in [0.4, 0.5) is 4.39 Å². The Hall–Kier alpha value is -2.21. The van der Waals surface area contributed by atoms with Crippen LogP contribution in [0.25, 0.3) is 11.4 Å². The summed E-state index contributed by atoms with van der Waals surface area (Å²) in [5.74, 6) is -1.49. The fraction of sp³-hybridized carbons (Fsp3) is 0.0909. The number of imidazole rings is 1. The van der Waals surface area contributed by atoms with Crippen molar-refractivity contribution in [3.63, 3.8) is 0 Å². The Morgan fingerprint density at radius 1 is 1.47 bits per heavy atom. The predicted octanol–water partition coefficient (Wildman–Crippen LogP) is 1.37. The van der Waals surface area contributed by atoms with Gasteiger partial charge in [-0.05, 0) is 12.1 Å². The minimum atomic E-state index is -1.19. The number of nitrogens with two attached hydrogens (primary N) is 1. The van der Waals surface area contributed by atoms with Gasteiger partial charge in [0.25, 0.3) is 0 Å². The molecule has 0 radical (unpaired) electrons. The van der Waals surface area contributed by atoms with Crippen LogP contribution in [-0.2, 0) is 6.54 Å². The topological polar surface area (TPSA) is 92.0 Å². The molecular formula is C11H10FN3O2. The van der Waals surface area contributed by atoms with Gasteiger partial charge < -0.3 is 15.8 Å². The second-order valence-corrected chi connectivity index (χ2v) is 3.40. The van der Waals surface area contributed by atoms with Gasteiger partial charge in [0, 0.05) is 6.54 Å². The summed E-state index contributed by atoms with van der Waals surface area (Å²) in [5.41, 5.74) is 5.71. The van der Waals surface area contributed by atoms with E-state index in [0.717, 1.165) is 0 Å². The summed E-state index contributed by atoms with van der Waals surface area (Å²) >= 11 is 0. The molecule has 1 aromatic carbocycles. The van der Waals surface area contributed by atoms with Crippen molar-refractivity contribution in [1.82, 2.24) is 9.97 Å². The maximum absolute atomic E-state index is 13.5. The largest absolute Gasteiger partial charge is 0.476 e. The summed E-state index contributed by atoms with van der Waals surface area (Å²) in [6.45, 7) is 0.00306. The first-order chi connectivity index (χ1) is 8.13. The van der Waals surface area contributed by atoms with Gasteiger partial charge in [-0.25, -0.2) is 14.2 Å². The van der Waals surface area contributed by atoms with Gasteiger partial charge in [0.2, 0.25) is 0 Å². The number of carboxylic acid groups (broad SMARTS) is 1. The minimum Gasteiger partial charge on any atom is -0.476 e. The smallest absolute Gasteiger partial charge is 0.356 e. The number of carboxylic acids is 1. The number of aromatic carboxylic acids is 1. The van der Waals surface area contributed by atoms with Gasteiger partial charge in [0.1, 0.15) is 11.6 Å². The number of hydrogen-bond donors (Lipinski definition) is 3. The molecular weight excluding hydrogens is 225 g/mol. The van der Waals surface area contributed by atoms with Gasteiger partial charge in [-0.1, -0.05) is 12.1 Å². The maximum atomic E-state index is 13.5. The van der Waals surface area contributed by atoms with Crippen molar-refractivity contribution in [2.45, 2.75) is 6.54 Å². The summed E-state index contributed by atoms with van der Waals surface area (Å²) < 4.78 is 13.5. The van der Waals surface area contributed by atoms with E-state index >= 15 is 0 Å². The van der Waals surface area contributed by atoms with Crippen molar-refractivity contribution in [3.05, 3.63) is 41.5 Å². The number of nitrogens with zero attached hydrogens (tertiary/aromatic N) is 1. The monoisotopic (exact) mass is 235 g/mol. The van der Waals surface area contributed by atoms with E-state index in [1.165, 1.54) is 12.1 Å². The molecule has 0 saturated carbocycles. The molecule has 17 heavy (non-hydrogen) atoms. The van der Waals surface area contributed by atoms with Crippen molar-refractivity contribution in [2.75, 3.05) is 0 Å². The van der Waals surface area contributed by atoms with Crippen LogP contribution in [0.2, 0.25) is 0 Å². The average molecular weight is 235 g/mol. The maximum Gasteiger partial charge on any atom is 0.356 e. The van der Waals surface area contributed by atoms with Gasteiger partial charge in [0.15, 0.2) is 5.69 Å².